The highest BCUT2D eigenvalue weighted by molar-refractivity contribution is 5.82. The van der Waals surface area contributed by atoms with Crippen LogP contribution >= 0.6 is 0 Å². The van der Waals surface area contributed by atoms with Crippen molar-refractivity contribution in [3.8, 4) is 0 Å². The summed E-state index contributed by atoms with van der Waals surface area (Å²) in [4.78, 5) is 10.8. The standard InChI is InChI=1S/C9H14O3/c1-2-12-8(11)3-4-9(7-10)5-6-9/h3-4,10H,2,5-7H2,1H3. The second-order valence-corrected chi connectivity index (χ2v) is 3.11. The fraction of sp³-hybridized carbons (Fsp3) is 0.667. The first-order valence-electron chi connectivity index (χ1n) is 4.19. The summed E-state index contributed by atoms with van der Waals surface area (Å²) in [5.41, 5.74) is -0.104. The number of hydrogen-bond acceptors (Lipinski definition) is 3. The first-order valence-corrected chi connectivity index (χ1v) is 4.19. The predicted molar refractivity (Wildman–Crippen MR) is 44.5 cm³/mol. The molecule has 1 rings (SSSR count). The van der Waals surface area contributed by atoms with E-state index < -0.39 is 0 Å². The fourth-order valence-corrected chi connectivity index (χ4v) is 0.973. The molecule has 3 nitrogen and oxygen atoms in total. The first kappa shape index (κ1) is 9.26. The molecule has 0 spiro atoms. The molecule has 1 saturated carbocycles. The molecule has 0 unspecified atom stereocenters. The summed E-state index contributed by atoms with van der Waals surface area (Å²) in [7, 11) is 0. The van der Waals surface area contributed by atoms with Gasteiger partial charge in [0, 0.05) is 11.5 Å². The molecule has 0 aliphatic heterocycles. The van der Waals surface area contributed by atoms with E-state index >= 15 is 0 Å². The summed E-state index contributed by atoms with van der Waals surface area (Å²) in [6, 6.07) is 0. The molecule has 0 heterocycles. The third kappa shape index (κ3) is 2.34. The van der Waals surface area contributed by atoms with Crippen molar-refractivity contribution in [3.63, 3.8) is 0 Å². The molecule has 0 aromatic rings. The van der Waals surface area contributed by atoms with Crippen LogP contribution in [0.25, 0.3) is 0 Å². The topological polar surface area (TPSA) is 46.5 Å². The van der Waals surface area contributed by atoms with Crippen LogP contribution in [0.4, 0.5) is 0 Å². The van der Waals surface area contributed by atoms with Gasteiger partial charge in [-0.15, -0.1) is 0 Å². The molecule has 1 aliphatic carbocycles. The van der Waals surface area contributed by atoms with Crippen molar-refractivity contribution >= 4 is 5.97 Å². The zero-order valence-corrected chi connectivity index (χ0v) is 7.25. The lowest BCUT2D eigenvalue weighted by atomic mass is 10.1. The summed E-state index contributed by atoms with van der Waals surface area (Å²) in [5.74, 6) is -0.322. The SMILES string of the molecule is CCOC(=O)C=CC1(CO)CC1. The van der Waals surface area contributed by atoms with E-state index in [0.717, 1.165) is 12.8 Å². The Labute approximate surface area is 72.0 Å². The Kier molecular flexibility index (Phi) is 2.87. The van der Waals surface area contributed by atoms with Gasteiger partial charge in [0.05, 0.1) is 13.2 Å². The summed E-state index contributed by atoms with van der Waals surface area (Å²) >= 11 is 0. The average Bonchev–Trinajstić information content (AvgIpc) is 2.82. The minimum Gasteiger partial charge on any atom is -0.463 e. The van der Waals surface area contributed by atoms with Crippen molar-refractivity contribution in [2.24, 2.45) is 5.41 Å². The number of esters is 1. The van der Waals surface area contributed by atoms with E-state index in [1.54, 1.807) is 13.0 Å². The Morgan fingerprint density at radius 1 is 1.67 bits per heavy atom. The molecule has 12 heavy (non-hydrogen) atoms. The van der Waals surface area contributed by atoms with E-state index in [-0.39, 0.29) is 18.0 Å². The molecule has 1 N–H and O–H groups in total. The second-order valence-electron chi connectivity index (χ2n) is 3.11. The van der Waals surface area contributed by atoms with E-state index in [2.05, 4.69) is 0 Å². The van der Waals surface area contributed by atoms with Crippen LogP contribution in [-0.4, -0.2) is 24.3 Å². The molecule has 0 radical (unpaired) electrons. The van der Waals surface area contributed by atoms with Crippen molar-refractivity contribution in [2.75, 3.05) is 13.2 Å². The number of ether oxygens (including phenoxy) is 1. The van der Waals surface area contributed by atoms with Gasteiger partial charge in [0.15, 0.2) is 0 Å². The number of aliphatic hydroxyl groups is 1. The van der Waals surface area contributed by atoms with Gasteiger partial charge in [0.1, 0.15) is 0 Å². The van der Waals surface area contributed by atoms with Crippen LogP contribution in [0.1, 0.15) is 19.8 Å². The predicted octanol–water partition coefficient (Wildman–Crippen LogP) is 0.878. The molecule has 1 aliphatic rings. The molecule has 0 amide bonds. The van der Waals surface area contributed by atoms with E-state index in [0.29, 0.717) is 6.61 Å². The largest absolute Gasteiger partial charge is 0.463 e. The molecular weight excluding hydrogens is 156 g/mol. The van der Waals surface area contributed by atoms with Gasteiger partial charge >= 0.3 is 5.97 Å². The smallest absolute Gasteiger partial charge is 0.330 e. The van der Waals surface area contributed by atoms with E-state index in [4.69, 9.17) is 9.84 Å². The zero-order valence-electron chi connectivity index (χ0n) is 7.25. The maximum absolute atomic E-state index is 10.8. The summed E-state index contributed by atoms with van der Waals surface area (Å²) < 4.78 is 4.70. The number of rotatable bonds is 4. The van der Waals surface area contributed by atoms with Gasteiger partial charge in [-0.2, -0.15) is 0 Å². The zero-order chi connectivity index (χ0) is 9.03. The van der Waals surface area contributed by atoms with Gasteiger partial charge in [0.2, 0.25) is 0 Å². The third-order valence-electron chi connectivity index (χ3n) is 2.07. The van der Waals surface area contributed by atoms with Crippen molar-refractivity contribution in [1.82, 2.24) is 0 Å². The number of aliphatic hydroxyl groups excluding tert-OH is 1. The molecule has 0 atom stereocenters. The summed E-state index contributed by atoms with van der Waals surface area (Å²) in [5, 5.41) is 8.90. The minimum atomic E-state index is -0.322. The number of carbonyl (C=O) groups excluding carboxylic acids is 1. The van der Waals surface area contributed by atoms with Crippen LogP contribution < -0.4 is 0 Å². The van der Waals surface area contributed by atoms with E-state index in [1.165, 1.54) is 6.08 Å². The normalized spacial score (nSPS) is 19.5. The van der Waals surface area contributed by atoms with E-state index in [9.17, 15) is 4.79 Å². The van der Waals surface area contributed by atoms with Gasteiger partial charge in [-0.3, -0.25) is 0 Å². The Balaban J connectivity index is 2.34. The molecule has 0 saturated heterocycles. The molecular formula is C9H14O3. The van der Waals surface area contributed by atoms with Crippen LogP contribution in [0.15, 0.2) is 12.2 Å². The van der Waals surface area contributed by atoms with Gasteiger partial charge < -0.3 is 9.84 Å². The lowest BCUT2D eigenvalue weighted by Crippen LogP contribution is -2.05. The summed E-state index contributed by atoms with van der Waals surface area (Å²) in [6.07, 6.45) is 5.11. The monoisotopic (exact) mass is 170 g/mol. The number of carbonyl (C=O) groups is 1. The molecule has 0 bridgehead atoms. The van der Waals surface area contributed by atoms with Gasteiger partial charge in [-0.1, -0.05) is 6.08 Å². The molecule has 0 aromatic carbocycles. The lowest BCUT2D eigenvalue weighted by Gasteiger charge is -2.02. The average molecular weight is 170 g/mol. The van der Waals surface area contributed by atoms with Crippen molar-refractivity contribution in [3.05, 3.63) is 12.2 Å². The Hall–Kier alpha value is -0.830. The first-order chi connectivity index (χ1) is 5.72. The van der Waals surface area contributed by atoms with Crippen molar-refractivity contribution in [2.45, 2.75) is 19.8 Å². The van der Waals surface area contributed by atoms with Crippen LogP contribution in [0.3, 0.4) is 0 Å². The maximum atomic E-state index is 10.8. The molecule has 1 fully saturated rings. The Morgan fingerprint density at radius 3 is 2.75 bits per heavy atom. The van der Waals surface area contributed by atoms with Crippen LogP contribution in [-0.2, 0) is 9.53 Å². The maximum Gasteiger partial charge on any atom is 0.330 e. The molecule has 3 heteroatoms. The number of hydrogen-bond donors (Lipinski definition) is 1. The van der Waals surface area contributed by atoms with Crippen LogP contribution in [0.5, 0.6) is 0 Å². The highest BCUT2D eigenvalue weighted by atomic mass is 16.5. The third-order valence-corrected chi connectivity index (χ3v) is 2.07. The van der Waals surface area contributed by atoms with Crippen molar-refractivity contribution in [1.29, 1.82) is 0 Å². The minimum absolute atomic E-state index is 0.104. The fourth-order valence-electron chi connectivity index (χ4n) is 0.973. The lowest BCUT2D eigenvalue weighted by molar-refractivity contribution is -0.137. The Bertz CT molecular complexity index is 192. The van der Waals surface area contributed by atoms with E-state index in [1.807, 2.05) is 0 Å². The van der Waals surface area contributed by atoms with Gasteiger partial charge in [0.25, 0.3) is 0 Å². The quantitative estimate of drug-likeness (QED) is 0.503. The molecule has 0 aromatic heterocycles. The highest BCUT2D eigenvalue weighted by Gasteiger charge is 2.39. The second kappa shape index (κ2) is 3.72. The van der Waals surface area contributed by atoms with Crippen LogP contribution in [0, 0.1) is 5.41 Å². The van der Waals surface area contributed by atoms with Gasteiger partial charge in [-0.05, 0) is 19.8 Å². The molecule has 68 valence electrons. The Morgan fingerprint density at radius 2 is 2.33 bits per heavy atom. The van der Waals surface area contributed by atoms with Crippen molar-refractivity contribution < 1.29 is 14.6 Å². The highest BCUT2D eigenvalue weighted by Crippen LogP contribution is 2.46. The van der Waals surface area contributed by atoms with Crippen LogP contribution in [0.2, 0.25) is 0 Å². The summed E-state index contributed by atoms with van der Waals surface area (Å²) in [6.45, 7) is 2.29. The van der Waals surface area contributed by atoms with Gasteiger partial charge in [-0.25, -0.2) is 4.79 Å².